The number of ether oxygens (including phenoxy) is 1. The normalized spacial score (nSPS) is 26.7. The average Bonchev–Trinajstić information content (AvgIpc) is 1.55. The average molecular weight is 145 g/mol. The zero-order valence-electron chi connectivity index (χ0n) is 5.83. The van der Waals surface area contributed by atoms with Crippen LogP contribution in [0.15, 0.2) is 0 Å². The maximum Gasteiger partial charge on any atom is 0.404 e. The van der Waals surface area contributed by atoms with E-state index < -0.39 is 6.09 Å². The molecule has 2 N–H and O–H groups in total. The molecule has 4 heteroatoms. The fraction of sp³-hybridized carbons (Fsp3) is 0.833. The Morgan fingerprint density at radius 3 is 2.80 bits per heavy atom. The first kappa shape index (κ1) is 7.34. The minimum atomic E-state index is -0.983. The van der Waals surface area contributed by atoms with E-state index in [1.54, 1.807) is 6.92 Å². The molecule has 0 bridgehead atoms. The molecule has 1 aliphatic heterocycles. The maximum atomic E-state index is 10.1. The quantitative estimate of drug-likeness (QED) is 0.592. The SMILES string of the molecule is CC(NC(=O)O)[C@@H]1CCO1. The smallest absolute Gasteiger partial charge is 0.404 e. The van der Waals surface area contributed by atoms with Gasteiger partial charge in [0, 0.05) is 6.61 Å². The van der Waals surface area contributed by atoms with E-state index in [2.05, 4.69) is 5.32 Å². The highest BCUT2D eigenvalue weighted by molar-refractivity contribution is 5.64. The van der Waals surface area contributed by atoms with Crippen molar-refractivity contribution < 1.29 is 14.6 Å². The first-order valence-corrected chi connectivity index (χ1v) is 3.31. The van der Waals surface area contributed by atoms with Crippen LogP contribution in [-0.2, 0) is 4.74 Å². The van der Waals surface area contributed by atoms with Gasteiger partial charge in [0.15, 0.2) is 0 Å². The molecule has 1 fully saturated rings. The highest BCUT2D eigenvalue weighted by Gasteiger charge is 2.25. The van der Waals surface area contributed by atoms with Gasteiger partial charge in [0.05, 0.1) is 12.1 Å². The van der Waals surface area contributed by atoms with Gasteiger partial charge in [-0.05, 0) is 13.3 Å². The van der Waals surface area contributed by atoms with Crippen molar-refractivity contribution in [1.82, 2.24) is 5.32 Å². The van der Waals surface area contributed by atoms with Crippen LogP contribution in [0.3, 0.4) is 0 Å². The summed E-state index contributed by atoms with van der Waals surface area (Å²) in [6.45, 7) is 2.56. The van der Waals surface area contributed by atoms with Gasteiger partial charge in [-0.2, -0.15) is 0 Å². The van der Waals surface area contributed by atoms with Gasteiger partial charge in [-0.3, -0.25) is 0 Å². The Kier molecular flexibility index (Phi) is 2.11. The Labute approximate surface area is 59.2 Å². The molecule has 2 atom stereocenters. The predicted molar refractivity (Wildman–Crippen MR) is 35.0 cm³/mol. The van der Waals surface area contributed by atoms with Gasteiger partial charge in [0.2, 0.25) is 0 Å². The second-order valence-corrected chi connectivity index (χ2v) is 2.44. The van der Waals surface area contributed by atoms with E-state index in [-0.39, 0.29) is 12.1 Å². The molecule has 0 aromatic carbocycles. The molecule has 10 heavy (non-hydrogen) atoms. The van der Waals surface area contributed by atoms with E-state index in [0.29, 0.717) is 0 Å². The molecule has 1 heterocycles. The molecule has 0 aromatic heterocycles. The van der Waals surface area contributed by atoms with Crippen molar-refractivity contribution in [2.75, 3.05) is 6.61 Å². The molecule has 58 valence electrons. The summed E-state index contributed by atoms with van der Waals surface area (Å²) in [7, 11) is 0. The Hall–Kier alpha value is -0.770. The lowest BCUT2D eigenvalue weighted by Gasteiger charge is -2.31. The Bertz CT molecular complexity index is 133. The third-order valence-corrected chi connectivity index (χ3v) is 1.64. The minimum absolute atomic E-state index is 0.0775. The molecule has 1 unspecified atom stereocenters. The lowest BCUT2D eigenvalue weighted by atomic mass is 10.1. The van der Waals surface area contributed by atoms with Crippen LogP contribution in [0.1, 0.15) is 13.3 Å². The topological polar surface area (TPSA) is 58.6 Å². The predicted octanol–water partition coefficient (Wildman–Crippen LogP) is 0.431. The molecule has 0 spiro atoms. The fourth-order valence-electron chi connectivity index (χ4n) is 0.936. The lowest BCUT2D eigenvalue weighted by molar-refractivity contribution is -0.0665. The molecule has 0 radical (unpaired) electrons. The summed E-state index contributed by atoms with van der Waals surface area (Å²) in [5, 5.41) is 10.6. The highest BCUT2D eigenvalue weighted by atomic mass is 16.5. The van der Waals surface area contributed by atoms with Crippen molar-refractivity contribution in [3.05, 3.63) is 0 Å². The van der Waals surface area contributed by atoms with Crippen LogP contribution in [0, 0.1) is 0 Å². The van der Waals surface area contributed by atoms with Crippen LogP contribution in [-0.4, -0.2) is 30.0 Å². The molecule has 1 saturated heterocycles. The van der Waals surface area contributed by atoms with Crippen LogP contribution in [0.4, 0.5) is 4.79 Å². The minimum Gasteiger partial charge on any atom is -0.465 e. The summed E-state index contributed by atoms with van der Waals surface area (Å²) >= 11 is 0. The number of hydrogen-bond acceptors (Lipinski definition) is 2. The Balaban J connectivity index is 2.19. The van der Waals surface area contributed by atoms with Crippen molar-refractivity contribution in [3.8, 4) is 0 Å². The van der Waals surface area contributed by atoms with E-state index in [4.69, 9.17) is 9.84 Å². The van der Waals surface area contributed by atoms with E-state index in [1.165, 1.54) is 0 Å². The molecular weight excluding hydrogens is 134 g/mol. The van der Waals surface area contributed by atoms with Crippen LogP contribution in [0.2, 0.25) is 0 Å². The molecule has 0 saturated carbocycles. The Morgan fingerprint density at radius 1 is 1.90 bits per heavy atom. The van der Waals surface area contributed by atoms with Gasteiger partial charge in [-0.25, -0.2) is 4.79 Å². The zero-order valence-corrected chi connectivity index (χ0v) is 5.83. The van der Waals surface area contributed by atoms with Crippen LogP contribution < -0.4 is 5.32 Å². The number of nitrogens with one attached hydrogen (secondary N) is 1. The maximum absolute atomic E-state index is 10.1. The van der Waals surface area contributed by atoms with Gasteiger partial charge in [-0.15, -0.1) is 0 Å². The number of carboxylic acid groups (broad SMARTS) is 1. The molecular formula is C6H11NO3. The molecule has 4 nitrogen and oxygen atoms in total. The van der Waals surface area contributed by atoms with Crippen molar-refractivity contribution in [3.63, 3.8) is 0 Å². The molecule has 0 aromatic rings. The van der Waals surface area contributed by atoms with E-state index in [0.717, 1.165) is 13.0 Å². The monoisotopic (exact) mass is 145 g/mol. The van der Waals surface area contributed by atoms with Crippen LogP contribution in [0.25, 0.3) is 0 Å². The molecule has 0 aliphatic carbocycles. The number of rotatable bonds is 2. The van der Waals surface area contributed by atoms with E-state index >= 15 is 0 Å². The molecule has 1 aliphatic rings. The zero-order chi connectivity index (χ0) is 7.56. The van der Waals surface area contributed by atoms with Crippen molar-refractivity contribution in [2.24, 2.45) is 0 Å². The highest BCUT2D eigenvalue weighted by Crippen LogP contribution is 2.14. The number of carbonyl (C=O) groups is 1. The van der Waals surface area contributed by atoms with E-state index in [1.807, 2.05) is 0 Å². The summed E-state index contributed by atoms with van der Waals surface area (Å²) in [5.74, 6) is 0. The summed E-state index contributed by atoms with van der Waals surface area (Å²) < 4.78 is 5.07. The third kappa shape index (κ3) is 1.60. The second kappa shape index (κ2) is 2.88. The standard InChI is InChI=1S/C6H11NO3/c1-4(7-6(8)9)5-2-3-10-5/h4-5,7H,2-3H2,1H3,(H,8,9)/t4?,5-/m0/s1. The first-order valence-electron chi connectivity index (χ1n) is 3.31. The van der Waals surface area contributed by atoms with Crippen LogP contribution in [0.5, 0.6) is 0 Å². The van der Waals surface area contributed by atoms with Crippen molar-refractivity contribution >= 4 is 6.09 Å². The first-order chi connectivity index (χ1) is 4.70. The van der Waals surface area contributed by atoms with Gasteiger partial charge in [0.25, 0.3) is 0 Å². The summed E-state index contributed by atoms with van der Waals surface area (Å²) in [4.78, 5) is 10.1. The fourth-order valence-corrected chi connectivity index (χ4v) is 0.936. The number of amides is 1. The van der Waals surface area contributed by atoms with Gasteiger partial charge in [0.1, 0.15) is 0 Å². The van der Waals surface area contributed by atoms with Crippen LogP contribution >= 0.6 is 0 Å². The molecule has 1 rings (SSSR count). The Morgan fingerprint density at radius 2 is 2.50 bits per heavy atom. The number of hydrogen-bond donors (Lipinski definition) is 2. The second-order valence-electron chi connectivity index (χ2n) is 2.44. The third-order valence-electron chi connectivity index (χ3n) is 1.64. The summed E-state index contributed by atoms with van der Waals surface area (Å²) in [6, 6.07) is -0.0775. The largest absolute Gasteiger partial charge is 0.465 e. The lowest BCUT2D eigenvalue weighted by Crippen LogP contribution is -2.46. The molecule has 1 amide bonds. The van der Waals surface area contributed by atoms with Gasteiger partial charge in [-0.1, -0.05) is 0 Å². The van der Waals surface area contributed by atoms with Gasteiger partial charge >= 0.3 is 6.09 Å². The summed E-state index contributed by atoms with van der Waals surface area (Å²) in [5.41, 5.74) is 0. The van der Waals surface area contributed by atoms with Gasteiger partial charge < -0.3 is 15.2 Å². The van der Waals surface area contributed by atoms with E-state index in [9.17, 15) is 4.79 Å². The van der Waals surface area contributed by atoms with Crippen molar-refractivity contribution in [2.45, 2.75) is 25.5 Å². The summed E-state index contributed by atoms with van der Waals surface area (Å²) in [6.07, 6.45) is 0.0700. The van der Waals surface area contributed by atoms with Crippen molar-refractivity contribution in [1.29, 1.82) is 0 Å².